The van der Waals surface area contributed by atoms with Gasteiger partial charge in [0.1, 0.15) is 29.8 Å². The number of hydrogen-bond donors (Lipinski definition) is 0. The summed E-state index contributed by atoms with van der Waals surface area (Å²) in [5.41, 5.74) is 5.60. The maximum atomic E-state index is 9.46. The summed E-state index contributed by atoms with van der Waals surface area (Å²) >= 11 is 0. The van der Waals surface area contributed by atoms with Crippen molar-refractivity contribution in [2.75, 3.05) is 0 Å². The number of aliphatic imine (C=N–C) groups is 2. The first-order chi connectivity index (χ1) is 17.8. The number of benzene rings is 2. The van der Waals surface area contributed by atoms with E-state index >= 15 is 0 Å². The molecule has 0 aliphatic carbocycles. The zero-order valence-corrected chi connectivity index (χ0v) is 19.2. The second-order valence-electron chi connectivity index (χ2n) is 9.04. The van der Waals surface area contributed by atoms with Crippen molar-refractivity contribution in [1.82, 2.24) is 14.1 Å². The van der Waals surface area contributed by atoms with E-state index in [1.807, 2.05) is 36.5 Å². The van der Waals surface area contributed by atoms with E-state index in [0.29, 0.717) is 12.1 Å². The first kappa shape index (κ1) is 20.4. The van der Waals surface area contributed by atoms with Crippen LogP contribution in [0.2, 0.25) is 0 Å². The molecule has 0 N–H and O–H groups in total. The van der Waals surface area contributed by atoms with E-state index in [2.05, 4.69) is 67.7 Å². The average Bonchev–Trinajstić information content (AvgIpc) is 3.45. The average molecular weight is 466 g/mol. The largest absolute Gasteiger partial charge is 0.316 e. The molecule has 2 aliphatic rings. The van der Waals surface area contributed by atoms with Crippen molar-refractivity contribution in [3.63, 3.8) is 0 Å². The smallest absolute Gasteiger partial charge is 0.141 e. The van der Waals surface area contributed by atoms with Crippen LogP contribution in [-0.4, -0.2) is 32.2 Å². The molecule has 0 spiro atoms. The van der Waals surface area contributed by atoms with Crippen LogP contribution in [0.3, 0.4) is 0 Å². The van der Waals surface area contributed by atoms with Crippen LogP contribution in [0, 0.1) is 22.7 Å². The molecule has 3 aromatic heterocycles. The molecule has 36 heavy (non-hydrogen) atoms. The highest BCUT2D eigenvalue weighted by Crippen LogP contribution is 2.36. The fourth-order valence-electron chi connectivity index (χ4n) is 5.53. The number of pyridine rings is 1. The number of para-hydroxylation sites is 2. The van der Waals surface area contributed by atoms with Gasteiger partial charge in [0.25, 0.3) is 0 Å². The number of hydrogen-bond acceptors (Lipinski definition) is 5. The highest BCUT2D eigenvalue weighted by molar-refractivity contribution is 6.16. The zero-order valence-electron chi connectivity index (χ0n) is 19.2. The molecule has 2 aromatic carbocycles. The molecule has 0 saturated carbocycles. The Labute approximate surface area is 206 Å². The van der Waals surface area contributed by atoms with E-state index < -0.39 is 0 Å². The molecule has 5 aromatic rings. The van der Waals surface area contributed by atoms with Gasteiger partial charge < -0.3 is 4.57 Å². The first-order valence-corrected chi connectivity index (χ1v) is 11.9. The van der Waals surface area contributed by atoms with Crippen molar-refractivity contribution < 1.29 is 0 Å². The van der Waals surface area contributed by atoms with Gasteiger partial charge in [-0.05, 0) is 29.8 Å². The molecule has 7 heteroatoms. The molecule has 0 radical (unpaired) electrons. The Bertz CT molecular complexity index is 1880. The fourth-order valence-corrected chi connectivity index (χ4v) is 5.53. The third-order valence-corrected chi connectivity index (χ3v) is 7.08. The Morgan fingerprint density at radius 3 is 2.56 bits per heavy atom. The van der Waals surface area contributed by atoms with Gasteiger partial charge in [0.2, 0.25) is 0 Å². The second-order valence-corrected chi connectivity index (χ2v) is 9.04. The van der Waals surface area contributed by atoms with Crippen LogP contribution in [0.25, 0.3) is 32.7 Å². The van der Waals surface area contributed by atoms with Crippen LogP contribution in [0.5, 0.6) is 0 Å². The number of allylic oxidation sites excluding steroid dienone is 1. The van der Waals surface area contributed by atoms with E-state index in [0.717, 1.165) is 56.2 Å². The van der Waals surface area contributed by atoms with Crippen molar-refractivity contribution in [3.8, 4) is 12.1 Å². The summed E-state index contributed by atoms with van der Waals surface area (Å²) < 4.78 is 4.38. The van der Waals surface area contributed by atoms with Gasteiger partial charge in [0, 0.05) is 35.2 Å². The lowest BCUT2D eigenvalue weighted by Crippen LogP contribution is -2.20. The standard InChI is InChI=1S/C29H19N7/c30-14-18-12-22-20-6-1-3-8-24(20)35(26(22)16-32-18)28-10-5-11-29(34-28)36-25-9-4-2-7-21(25)23-13-19(15-31)33-17-27(23)36/h1-10,12,16-17,19,29H,11,13H2. The Hall–Kier alpha value is -5.01. The van der Waals surface area contributed by atoms with Crippen LogP contribution >= 0.6 is 0 Å². The van der Waals surface area contributed by atoms with Crippen molar-refractivity contribution in [3.05, 3.63) is 89.9 Å². The molecule has 0 saturated heterocycles. The maximum Gasteiger partial charge on any atom is 0.141 e. The lowest BCUT2D eigenvalue weighted by atomic mass is 10.0. The molecule has 7 rings (SSSR count). The molecule has 2 atom stereocenters. The van der Waals surface area contributed by atoms with Gasteiger partial charge in [-0.1, -0.05) is 42.5 Å². The number of aromatic nitrogens is 3. The Morgan fingerprint density at radius 1 is 0.917 bits per heavy atom. The van der Waals surface area contributed by atoms with Gasteiger partial charge >= 0.3 is 0 Å². The van der Waals surface area contributed by atoms with Gasteiger partial charge in [-0.15, -0.1) is 0 Å². The summed E-state index contributed by atoms with van der Waals surface area (Å²) in [6, 6.07) is 22.4. The second kappa shape index (κ2) is 7.76. The van der Waals surface area contributed by atoms with Crippen molar-refractivity contribution in [2.24, 2.45) is 9.98 Å². The minimum absolute atomic E-state index is 0.161. The minimum atomic E-state index is -0.356. The molecular weight excluding hydrogens is 446 g/mol. The molecule has 0 fully saturated rings. The summed E-state index contributed by atoms with van der Waals surface area (Å²) in [5, 5.41) is 22.0. The van der Waals surface area contributed by atoms with Crippen LogP contribution in [0.15, 0.2) is 82.9 Å². The van der Waals surface area contributed by atoms with Gasteiger partial charge in [-0.2, -0.15) is 10.5 Å². The third-order valence-electron chi connectivity index (χ3n) is 7.08. The molecule has 7 nitrogen and oxygen atoms in total. The van der Waals surface area contributed by atoms with E-state index in [4.69, 9.17) is 4.99 Å². The molecule has 170 valence electrons. The van der Waals surface area contributed by atoms with Gasteiger partial charge in [-0.25, -0.2) is 9.98 Å². The van der Waals surface area contributed by atoms with E-state index in [-0.39, 0.29) is 12.2 Å². The number of rotatable bonds is 1. The van der Waals surface area contributed by atoms with Crippen molar-refractivity contribution in [2.45, 2.75) is 25.0 Å². The maximum absolute atomic E-state index is 9.46. The number of nitrogens with zero attached hydrogens (tertiary/aromatic N) is 7. The first-order valence-electron chi connectivity index (χ1n) is 11.9. The van der Waals surface area contributed by atoms with Crippen LogP contribution in [-0.2, 0) is 6.42 Å². The Kier molecular flexibility index (Phi) is 4.39. The Balaban J connectivity index is 1.45. The molecule has 0 bridgehead atoms. The van der Waals surface area contributed by atoms with Gasteiger partial charge in [0.15, 0.2) is 0 Å². The van der Waals surface area contributed by atoms with Crippen LogP contribution in [0.1, 0.15) is 29.5 Å². The lowest BCUT2D eigenvalue weighted by molar-refractivity contribution is 0.537. The van der Waals surface area contributed by atoms with E-state index in [1.165, 1.54) is 0 Å². The van der Waals surface area contributed by atoms with E-state index in [1.54, 1.807) is 6.20 Å². The SMILES string of the molecule is N#Cc1cc2c3ccccc3n(C3=NC(n4c5c(c6ccccc64)CC(C#N)N=C5)CC=C3)c2cn1. The molecule has 2 unspecified atom stereocenters. The monoisotopic (exact) mass is 465 g/mol. The summed E-state index contributed by atoms with van der Waals surface area (Å²) in [6.45, 7) is 0. The zero-order chi connectivity index (χ0) is 24.2. The highest BCUT2D eigenvalue weighted by atomic mass is 15.2. The number of fused-ring (bicyclic) bond motifs is 6. The topological polar surface area (TPSA) is 95.0 Å². The molecular formula is C29H19N7. The fraction of sp³-hybridized carbons (Fsp3) is 0.138. The number of nitriles is 2. The molecule has 0 amide bonds. The summed E-state index contributed by atoms with van der Waals surface area (Å²) in [4.78, 5) is 14.1. The molecule has 5 heterocycles. The van der Waals surface area contributed by atoms with Gasteiger partial charge in [0.05, 0.1) is 34.5 Å². The Morgan fingerprint density at radius 2 is 1.72 bits per heavy atom. The normalized spacial score (nSPS) is 18.8. The van der Waals surface area contributed by atoms with Crippen LogP contribution < -0.4 is 0 Å². The van der Waals surface area contributed by atoms with E-state index in [9.17, 15) is 10.5 Å². The van der Waals surface area contributed by atoms with Crippen molar-refractivity contribution in [1.29, 1.82) is 10.5 Å². The van der Waals surface area contributed by atoms with Gasteiger partial charge in [-0.3, -0.25) is 9.56 Å². The summed E-state index contributed by atoms with van der Waals surface area (Å²) in [6.07, 6.45) is 9.00. The third kappa shape index (κ3) is 2.87. The predicted molar refractivity (Wildman–Crippen MR) is 140 cm³/mol. The van der Waals surface area contributed by atoms with Crippen molar-refractivity contribution >= 4 is 44.8 Å². The molecule has 2 aliphatic heterocycles. The summed E-state index contributed by atoms with van der Waals surface area (Å²) in [7, 11) is 0. The highest BCUT2D eigenvalue weighted by Gasteiger charge is 2.27. The predicted octanol–water partition coefficient (Wildman–Crippen LogP) is 5.29. The quantitative estimate of drug-likeness (QED) is 0.337. The van der Waals surface area contributed by atoms with Crippen LogP contribution in [0.4, 0.5) is 0 Å². The summed E-state index contributed by atoms with van der Waals surface area (Å²) in [5.74, 6) is 0.818. The number of dihydropyridines is 1. The minimum Gasteiger partial charge on any atom is -0.316 e. The lowest BCUT2D eigenvalue weighted by Gasteiger charge is -2.23.